The summed E-state index contributed by atoms with van der Waals surface area (Å²) in [5.74, 6) is 0.754. The van der Waals surface area contributed by atoms with Gasteiger partial charge in [0.05, 0.1) is 0 Å². The van der Waals surface area contributed by atoms with Gasteiger partial charge < -0.3 is 14.8 Å². The van der Waals surface area contributed by atoms with Crippen molar-refractivity contribution < 1.29 is 13.2 Å². The normalized spacial score (nSPS) is 21.6. The quantitative estimate of drug-likeness (QED) is 0.926. The number of nitrogens with one attached hydrogen (secondary N) is 1. The highest BCUT2D eigenvalue weighted by atomic mass is 19.4. The van der Waals surface area contributed by atoms with E-state index in [-0.39, 0.29) is 5.92 Å². The Morgan fingerprint density at radius 3 is 2.45 bits per heavy atom. The van der Waals surface area contributed by atoms with E-state index >= 15 is 0 Å². The molecule has 124 valence electrons. The fourth-order valence-electron chi connectivity index (χ4n) is 3.41. The zero-order valence-corrected chi connectivity index (χ0v) is 12.7. The third-order valence-electron chi connectivity index (χ3n) is 4.66. The number of piperidine rings is 1. The van der Waals surface area contributed by atoms with E-state index in [1.54, 1.807) is 4.57 Å². The topological polar surface area (TPSA) is 33.1 Å². The lowest BCUT2D eigenvalue weighted by Gasteiger charge is -2.24. The Hall–Kier alpha value is -1.08. The van der Waals surface area contributed by atoms with Crippen molar-refractivity contribution in [3.05, 3.63) is 17.7 Å². The number of likely N-dealkylation sites (tertiary alicyclic amines) is 1. The van der Waals surface area contributed by atoms with Crippen LogP contribution in [0.3, 0.4) is 0 Å². The number of alkyl halides is 3. The lowest BCUT2D eigenvalue weighted by molar-refractivity contribution is -0.141. The van der Waals surface area contributed by atoms with Gasteiger partial charge in [-0.2, -0.15) is 13.2 Å². The SMILES string of the molecule is FC(F)(F)c1cn(CCN2CCCC2)c(C2CCNCC2)n1. The first-order chi connectivity index (χ1) is 10.5. The summed E-state index contributed by atoms with van der Waals surface area (Å²) in [7, 11) is 0. The monoisotopic (exact) mass is 316 g/mol. The van der Waals surface area contributed by atoms with Crippen LogP contribution in [0.4, 0.5) is 13.2 Å². The van der Waals surface area contributed by atoms with E-state index < -0.39 is 11.9 Å². The minimum Gasteiger partial charge on any atom is -0.333 e. The summed E-state index contributed by atoms with van der Waals surface area (Å²) in [4.78, 5) is 6.26. The number of hydrogen-bond acceptors (Lipinski definition) is 3. The van der Waals surface area contributed by atoms with E-state index in [0.717, 1.165) is 45.6 Å². The number of halogens is 3. The van der Waals surface area contributed by atoms with E-state index in [9.17, 15) is 13.2 Å². The molecule has 2 aliphatic rings. The van der Waals surface area contributed by atoms with Crippen molar-refractivity contribution in [3.8, 4) is 0 Å². The van der Waals surface area contributed by atoms with Crippen molar-refractivity contribution >= 4 is 0 Å². The Balaban J connectivity index is 1.76. The third kappa shape index (κ3) is 3.63. The Bertz CT molecular complexity index is 485. The summed E-state index contributed by atoms with van der Waals surface area (Å²) in [6.07, 6.45) is 0.946. The van der Waals surface area contributed by atoms with Crippen LogP contribution in [0.1, 0.15) is 43.1 Å². The van der Waals surface area contributed by atoms with Crippen LogP contribution >= 0.6 is 0 Å². The zero-order valence-electron chi connectivity index (χ0n) is 12.7. The van der Waals surface area contributed by atoms with Crippen molar-refractivity contribution in [1.29, 1.82) is 0 Å². The van der Waals surface area contributed by atoms with Crippen LogP contribution in [0.5, 0.6) is 0 Å². The first kappa shape index (κ1) is 15.8. The molecule has 7 heteroatoms. The van der Waals surface area contributed by atoms with Gasteiger partial charge in [-0.15, -0.1) is 0 Å². The second-order valence-electron chi connectivity index (χ2n) is 6.25. The minimum atomic E-state index is -4.36. The predicted molar refractivity (Wildman–Crippen MR) is 77.7 cm³/mol. The summed E-state index contributed by atoms with van der Waals surface area (Å²) < 4.78 is 40.7. The van der Waals surface area contributed by atoms with Gasteiger partial charge in [0.1, 0.15) is 5.82 Å². The van der Waals surface area contributed by atoms with Gasteiger partial charge in [0, 0.05) is 25.2 Å². The number of imidazole rings is 1. The molecule has 1 N–H and O–H groups in total. The average Bonchev–Trinajstić information content (AvgIpc) is 3.15. The highest BCUT2D eigenvalue weighted by Crippen LogP contribution is 2.32. The number of nitrogens with zero attached hydrogens (tertiary/aromatic N) is 3. The largest absolute Gasteiger partial charge is 0.434 e. The molecule has 3 heterocycles. The Morgan fingerprint density at radius 1 is 1.14 bits per heavy atom. The molecule has 0 unspecified atom stereocenters. The standard InChI is InChI=1S/C15H23F3N4/c16-15(17,18)13-11-22(10-9-21-7-1-2-8-21)14(20-13)12-3-5-19-6-4-12/h11-12,19H,1-10H2. The van der Waals surface area contributed by atoms with Gasteiger partial charge in [0.15, 0.2) is 5.69 Å². The maximum absolute atomic E-state index is 13.0. The van der Waals surface area contributed by atoms with E-state index in [1.165, 1.54) is 19.0 Å². The van der Waals surface area contributed by atoms with Crippen molar-refractivity contribution in [2.24, 2.45) is 0 Å². The molecule has 0 radical (unpaired) electrons. The Morgan fingerprint density at radius 2 is 1.82 bits per heavy atom. The molecule has 0 saturated carbocycles. The van der Waals surface area contributed by atoms with Gasteiger partial charge in [0.2, 0.25) is 0 Å². The van der Waals surface area contributed by atoms with E-state index in [2.05, 4.69) is 15.2 Å². The predicted octanol–water partition coefficient (Wildman–Crippen LogP) is 2.46. The fraction of sp³-hybridized carbons (Fsp3) is 0.800. The maximum Gasteiger partial charge on any atom is 0.434 e. The highest BCUT2D eigenvalue weighted by Gasteiger charge is 2.36. The molecule has 2 saturated heterocycles. The number of rotatable bonds is 4. The van der Waals surface area contributed by atoms with Gasteiger partial charge in [0.25, 0.3) is 0 Å². The van der Waals surface area contributed by atoms with Crippen LogP contribution in [-0.2, 0) is 12.7 Å². The summed E-state index contributed by atoms with van der Waals surface area (Å²) >= 11 is 0. The lowest BCUT2D eigenvalue weighted by Crippen LogP contribution is -2.29. The average molecular weight is 316 g/mol. The van der Waals surface area contributed by atoms with Gasteiger partial charge in [-0.3, -0.25) is 0 Å². The Labute approximate surface area is 128 Å². The minimum absolute atomic E-state index is 0.135. The molecule has 22 heavy (non-hydrogen) atoms. The van der Waals surface area contributed by atoms with Crippen molar-refractivity contribution in [3.63, 3.8) is 0 Å². The third-order valence-corrected chi connectivity index (χ3v) is 4.66. The van der Waals surface area contributed by atoms with Gasteiger partial charge in [-0.05, 0) is 51.9 Å². The van der Waals surface area contributed by atoms with Crippen molar-refractivity contribution in [2.45, 2.75) is 44.3 Å². The molecular formula is C15H23F3N4. The molecule has 0 aliphatic carbocycles. The highest BCUT2D eigenvalue weighted by molar-refractivity contribution is 5.12. The molecular weight excluding hydrogens is 293 g/mol. The number of aromatic nitrogens is 2. The Kier molecular flexibility index (Phi) is 4.73. The molecule has 0 bridgehead atoms. The van der Waals surface area contributed by atoms with Crippen LogP contribution in [0.15, 0.2) is 6.20 Å². The van der Waals surface area contributed by atoms with Gasteiger partial charge >= 0.3 is 6.18 Å². The summed E-state index contributed by atoms with van der Waals surface area (Å²) in [5.41, 5.74) is -0.748. The molecule has 2 fully saturated rings. The molecule has 1 aromatic rings. The molecule has 0 atom stereocenters. The lowest BCUT2D eigenvalue weighted by atomic mass is 9.97. The number of hydrogen-bond donors (Lipinski definition) is 1. The fourth-order valence-corrected chi connectivity index (χ4v) is 3.41. The van der Waals surface area contributed by atoms with Crippen molar-refractivity contribution in [1.82, 2.24) is 19.8 Å². The molecule has 1 aromatic heterocycles. The van der Waals surface area contributed by atoms with Crippen molar-refractivity contribution in [2.75, 3.05) is 32.7 Å². The smallest absolute Gasteiger partial charge is 0.333 e. The van der Waals surface area contributed by atoms with E-state index in [0.29, 0.717) is 12.4 Å². The first-order valence-electron chi connectivity index (χ1n) is 8.11. The van der Waals surface area contributed by atoms with Crippen LogP contribution in [0.2, 0.25) is 0 Å². The van der Waals surface area contributed by atoms with Crippen LogP contribution in [0, 0.1) is 0 Å². The maximum atomic E-state index is 13.0. The summed E-state index contributed by atoms with van der Waals surface area (Å²) in [5, 5.41) is 3.25. The van der Waals surface area contributed by atoms with Crippen LogP contribution < -0.4 is 5.32 Å². The first-order valence-corrected chi connectivity index (χ1v) is 8.11. The summed E-state index contributed by atoms with van der Waals surface area (Å²) in [6, 6.07) is 0. The van der Waals surface area contributed by atoms with Crippen LogP contribution in [0.25, 0.3) is 0 Å². The molecule has 2 aliphatic heterocycles. The zero-order chi connectivity index (χ0) is 15.6. The summed E-state index contributed by atoms with van der Waals surface area (Å²) in [6.45, 7) is 5.23. The molecule has 0 aromatic carbocycles. The second kappa shape index (κ2) is 6.58. The molecule has 3 rings (SSSR count). The molecule has 4 nitrogen and oxygen atoms in total. The van der Waals surface area contributed by atoms with Gasteiger partial charge in [-0.25, -0.2) is 4.98 Å². The van der Waals surface area contributed by atoms with E-state index in [1.807, 2.05) is 0 Å². The van der Waals surface area contributed by atoms with Crippen LogP contribution in [-0.4, -0.2) is 47.2 Å². The van der Waals surface area contributed by atoms with E-state index in [4.69, 9.17) is 0 Å². The molecule has 0 amide bonds. The second-order valence-corrected chi connectivity index (χ2v) is 6.25. The molecule has 0 spiro atoms. The van der Waals surface area contributed by atoms with Gasteiger partial charge in [-0.1, -0.05) is 0 Å².